The van der Waals surface area contributed by atoms with Gasteiger partial charge in [-0.2, -0.15) is 0 Å². The Labute approximate surface area is 189 Å². The van der Waals surface area contributed by atoms with Crippen molar-refractivity contribution in [1.29, 1.82) is 0 Å². The van der Waals surface area contributed by atoms with Gasteiger partial charge in [-0.05, 0) is 60.2 Å². The number of benzene rings is 2. The van der Waals surface area contributed by atoms with Crippen molar-refractivity contribution in [2.75, 3.05) is 26.7 Å². The van der Waals surface area contributed by atoms with Crippen molar-refractivity contribution < 1.29 is 19.1 Å². The summed E-state index contributed by atoms with van der Waals surface area (Å²) in [5.74, 6) is 0.340. The number of hydrogen-bond acceptors (Lipinski definition) is 4. The third kappa shape index (κ3) is 5.75. The third-order valence-corrected chi connectivity index (χ3v) is 6.01. The molecular formula is C26H32N2O4. The Morgan fingerprint density at radius 1 is 0.938 bits per heavy atom. The molecule has 1 aliphatic heterocycles. The Hall–Kier alpha value is -3.15. The van der Waals surface area contributed by atoms with Crippen LogP contribution in [0.25, 0.3) is 0 Å². The predicted molar refractivity (Wildman–Crippen MR) is 124 cm³/mol. The summed E-state index contributed by atoms with van der Waals surface area (Å²) in [6.07, 6.45) is 1.25. The van der Waals surface area contributed by atoms with Crippen LogP contribution in [0.2, 0.25) is 0 Å². The van der Waals surface area contributed by atoms with Crippen LogP contribution in [0.4, 0.5) is 0 Å². The van der Waals surface area contributed by atoms with E-state index in [0.29, 0.717) is 42.8 Å². The predicted octanol–water partition coefficient (Wildman–Crippen LogP) is 3.84. The summed E-state index contributed by atoms with van der Waals surface area (Å²) in [5.41, 5.74) is 2.37. The topological polar surface area (TPSA) is 75.7 Å². The fourth-order valence-corrected chi connectivity index (χ4v) is 3.87. The first-order valence-corrected chi connectivity index (χ1v) is 11.0. The monoisotopic (exact) mass is 436 g/mol. The number of amides is 2. The van der Waals surface area contributed by atoms with E-state index in [2.05, 4.69) is 26.1 Å². The number of Topliss-reactive ketones (excluding diaryl/α,β-unsaturated/α-hetero) is 1. The number of piperidine rings is 1. The van der Waals surface area contributed by atoms with Crippen LogP contribution >= 0.6 is 0 Å². The molecule has 6 nitrogen and oxygen atoms in total. The molecule has 0 spiro atoms. The van der Waals surface area contributed by atoms with E-state index in [1.165, 1.54) is 0 Å². The van der Waals surface area contributed by atoms with Crippen LogP contribution in [-0.4, -0.2) is 49.2 Å². The molecule has 0 bridgehead atoms. The number of rotatable bonds is 6. The summed E-state index contributed by atoms with van der Waals surface area (Å²) in [6, 6.07) is 14.6. The summed E-state index contributed by atoms with van der Waals surface area (Å²) in [7, 11) is 1.59. The second kappa shape index (κ2) is 9.98. The van der Waals surface area contributed by atoms with E-state index < -0.39 is 0 Å². The molecule has 32 heavy (non-hydrogen) atoms. The van der Waals surface area contributed by atoms with Crippen LogP contribution in [0.15, 0.2) is 48.5 Å². The number of methoxy groups -OCH3 is 1. The summed E-state index contributed by atoms with van der Waals surface area (Å²) in [4.78, 5) is 39.4. The first kappa shape index (κ1) is 23.5. The fourth-order valence-electron chi connectivity index (χ4n) is 3.87. The summed E-state index contributed by atoms with van der Waals surface area (Å²) in [6.45, 7) is 7.34. The molecule has 170 valence electrons. The van der Waals surface area contributed by atoms with Crippen molar-refractivity contribution >= 4 is 17.6 Å². The summed E-state index contributed by atoms with van der Waals surface area (Å²) >= 11 is 0. The van der Waals surface area contributed by atoms with E-state index in [4.69, 9.17) is 4.74 Å². The van der Waals surface area contributed by atoms with E-state index in [1.54, 1.807) is 48.4 Å². The maximum atomic E-state index is 12.7. The quantitative estimate of drug-likeness (QED) is 0.698. The minimum Gasteiger partial charge on any atom is -0.497 e. The number of nitrogens with zero attached hydrogens (tertiary/aromatic N) is 1. The molecule has 2 aromatic carbocycles. The number of nitrogens with one attached hydrogen (secondary N) is 1. The van der Waals surface area contributed by atoms with Crippen LogP contribution in [0.5, 0.6) is 5.75 Å². The normalized spacial score (nSPS) is 14.7. The van der Waals surface area contributed by atoms with Gasteiger partial charge in [0.05, 0.1) is 13.7 Å². The maximum absolute atomic E-state index is 12.7. The van der Waals surface area contributed by atoms with Gasteiger partial charge in [0.1, 0.15) is 5.75 Å². The lowest BCUT2D eigenvalue weighted by atomic mass is 9.87. The molecule has 0 saturated carbocycles. The minimum atomic E-state index is -0.261. The summed E-state index contributed by atoms with van der Waals surface area (Å²) < 4.78 is 5.14. The number of ether oxygens (including phenoxy) is 1. The van der Waals surface area contributed by atoms with Crippen LogP contribution in [0.3, 0.4) is 0 Å². The van der Waals surface area contributed by atoms with E-state index in [1.807, 2.05) is 12.1 Å². The molecule has 3 rings (SSSR count). The first-order valence-electron chi connectivity index (χ1n) is 11.0. The van der Waals surface area contributed by atoms with Gasteiger partial charge >= 0.3 is 0 Å². The SMILES string of the molecule is COc1ccc(C(=O)C2CCN(C(=O)CNC(=O)c3ccc(C(C)(C)C)cc3)CC2)cc1. The molecule has 2 amide bonds. The highest BCUT2D eigenvalue weighted by Crippen LogP contribution is 2.24. The van der Waals surface area contributed by atoms with E-state index in [0.717, 1.165) is 5.56 Å². The number of hydrogen-bond donors (Lipinski definition) is 1. The van der Waals surface area contributed by atoms with Gasteiger partial charge in [-0.25, -0.2) is 0 Å². The zero-order valence-corrected chi connectivity index (χ0v) is 19.3. The van der Waals surface area contributed by atoms with Crippen molar-refractivity contribution in [3.63, 3.8) is 0 Å². The first-order chi connectivity index (χ1) is 15.2. The second-order valence-electron chi connectivity index (χ2n) is 9.26. The fraction of sp³-hybridized carbons (Fsp3) is 0.423. The smallest absolute Gasteiger partial charge is 0.251 e. The Morgan fingerprint density at radius 3 is 2.03 bits per heavy atom. The van der Waals surface area contributed by atoms with Crippen LogP contribution < -0.4 is 10.1 Å². The van der Waals surface area contributed by atoms with Crippen LogP contribution in [-0.2, 0) is 10.2 Å². The van der Waals surface area contributed by atoms with Gasteiger partial charge in [0.25, 0.3) is 5.91 Å². The van der Waals surface area contributed by atoms with E-state index in [9.17, 15) is 14.4 Å². The van der Waals surface area contributed by atoms with E-state index >= 15 is 0 Å². The average molecular weight is 437 g/mol. The van der Waals surface area contributed by atoms with Gasteiger partial charge in [0.15, 0.2) is 5.78 Å². The highest BCUT2D eigenvalue weighted by molar-refractivity contribution is 5.98. The Bertz CT molecular complexity index is 951. The van der Waals surface area contributed by atoms with Crippen molar-refractivity contribution in [3.8, 4) is 5.75 Å². The number of carbonyl (C=O) groups is 3. The minimum absolute atomic E-state index is 0.0197. The average Bonchev–Trinajstić information content (AvgIpc) is 2.81. The molecule has 0 unspecified atom stereocenters. The van der Waals surface area contributed by atoms with Gasteiger partial charge in [-0.15, -0.1) is 0 Å². The third-order valence-electron chi connectivity index (χ3n) is 6.01. The summed E-state index contributed by atoms with van der Waals surface area (Å²) in [5, 5.41) is 2.72. The van der Waals surface area contributed by atoms with Gasteiger partial charge in [0, 0.05) is 30.1 Å². The van der Waals surface area contributed by atoms with Crippen molar-refractivity contribution in [2.24, 2.45) is 5.92 Å². The van der Waals surface area contributed by atoms with Crippen molar-refractivity contribution in [3.05, 3.63) is 65.2 Å². The molecule has 0 atom stereocenters. The molecule has 1 saturated heterocycles. The number of likely N-dealkylation sites (tertiary alicyclic amines) is 1. The molecule has 0 aliphatic carbocycles. The molecular weight excluding hydrogens is 404 g/mol. The zero-order chi connectivity index (χ0) is 23.3. The highest BCUT2D eigenvalue weighted by atomic mass is 16.5. The molecule has 0 aromatic heterocycles. The second-order valence-corrected chi connectivity index (χ2v) is 9.26. The zero-order valence-electron chi connectivity index (χ0n) is 19.3. The molecule has 2 aromatic rings. The van der Waals surface area contributed by atoms with Gasteiger partial charge in [-0.3, -0.25) is 14.4 Å². The van der Waals surface area contributed by atoms with Gasteiger partial charge in [-0.1, -0.05) is 32.9 Å². The molecule has 1 fully saturated rings. The molecule has 1 heterocycles. The lowest BCUT2D eigenvalue weighted by Gasteiger charge is -2.31. The van der Waals surface area contributed by atoms with Gasteiger partial charge < -0.3 is 15.0 Å². The number of ketones is 1. The lowest BCUT2D eigenvalue weighted by Crippen LogP contribution is -2.45. The van der Waals surface area contributed by atoms with Crippen LogP contribution in [0.1, 0.15) is 59.9 Å². The Kier molecular flexibility index (Phi) is 7.33. The van der Waals surface area contributed by atoms with Gasteiger partial charge in [0.2, 0.25) is 5.91 Å². The van der Waals surface area contributed by atoms with Crippen molar-refractivity contribution in [2.45, 2.75) is 39.0 Å². The number of carbonyl (C=O) groups excluding carboxylic acids is 3. The highest BCUT2D eigenvalue weighted by Gasteiger charge is 2.28. The van der Waals surface area contributed by atoms with E-state index in [-0.39, 0.29) is 35.5 Å². The van der Waals surface area contributed by atoms with Crippen molar-refractivity contribution in [1.82, 2.24) is 10.2 Å². The molecule has 1 aliphatic rings. The standard InChI is InChI=1S/C26H32N2O4/c1-26(2,3)21-9-5-20(6-10-21)25(31)27-17-23(29)28-15-13-19(14-16-28)24(30)18-7-11-22(32-4)12-8-18/h5-12,19H,13-17H2,1-4H3,(H,27,31). The lowest BCUT2D eigenvalue weighted by molar-refractivity contribution is -0.131. The molecule has 1 N–H and O–H groups in total. The molecule has 6 heteroatoms. The van der Waals surface area contributed by atoms with Crippen LogP contribution in [0, 0.1) is 5.92 Å². The Morgan fingerprint density at radius 2 is 1.50 bits per heavy atom. The molecule has 0 radical (unpaired) electrons. The maximum Gasteiger partial charge on any atom is 0.251 e. The Balaban J connectivity index is 1.47. The largest absolute Gasteiger partial charge is 0.497 e.